The van der Waals surface area contributed by atoms with Crippen molar-refractivity contribution in [1.29, 1.82) is 0 Å². The maximum absolute atomic E-state index is 12.5. The van der Waals surface area contributed by atoms with Crippen molar-refractivity contribution in [1.82, 2.24) is 5.32 Å². The van der Waals surface area contributed by atoms with Crippen molar-refractivity contribution in [3.8, 4) is 11.5 Å². The van der Waals surface area contributed by atoms with Crippen molar-refractivity contribution in [2.75, 3.05) is 5.32 Å². The van der Waals surface area contributed by atoms with E-state index in [-0.39, 0.29) is 16.5 Å². The standard InChI is InChI=1S/C22H18F2N2O3S/c23-21(24)29-19-12-5-4-11-18(19)25-22(30)26-20(27)16-9-6-10-17(13-16)28-14-15-7-2-1-3-8-15/h1-13,21H,14H2,(H2,25,26,27,30). The summed E-state index contributed by atoms with van der Waals surface area (Å²) in [5, 5.41) is 5.14. The normalized spacial score (nSPS) is 10.4. The summed E-state index contributed by atoms with van der Waals surface area (Å²) < 4.78 is 35.2. The van der Waals surface area contributed by atoms with Crippen LogP contribution in [-0.4, -0.2) is 17.6 Å². The van der Waals surface area contributed by atoms with E-state index in [1.54, 1.807) is 36.4 Å². The minimum absolute atomic E-state index is 0.0547. The molecule has 154 valence electrons. The second-order valence-corrected chi connectivity index (χ2v) is 6.49. The van der Waals surface area contributed by atoms with Crippen LogP contribution in [0.3, 0.4) is 0 Å². The Hall–Kier alpha value is -3.52. The van der Waals surface area contributed by atoms with Gasteiger partial charge in [-0.1, -0.05) is 48.5 Å². The number of ether oxygens (including phenoxy) is 2. The summed E-state index contributed by atoms with van der Waals surface area (Å²) in [6, 6.07) is 22.3. The first kappa shape index (κ1) is 21.2. The number of benzene rings is 3. The van der Waals surface area contributed by atoms with Crippen LogP contribution in [-0.2, 0) is 6.61 Å². The predicted octanol–water partition coefficient (Wildman–Crippen LogP) is 4.99. The molecule has 0 aliphatic rings. The van der Waals surface area contributed by atoms with Gasteiger partial charge in [-0.05, 0) is 48.1 Å². The van der Waals surface area contributed by atoms with Crippen molar-refractivity contribution in [2.24, 2.45) is 0 Å². The SMILES string of the molecule is O=C(NC(=S)Nc1ccccc1OC(F)F)c1cccc(OCc2ccccc2)c1. The molecule has 3 rings (SSSR count). The molecular weight excluding hydrogens is 410 g/mol. The smallest absolute Gasteiger partial charge is 0.387 e. The molecule has 1 amide bonds. The number of nitrogens with one attached hydrogen (secondary N) is 2. The van der Waals surface area contributed by atoms with Gasteiger partial charge in [-0.25, -0.2) is 0 Å². The Kier molecular flexibility index (Phi) is 7.29. The van der Waals surface area contributed by atoms with E-state index in [0.29, 0.717) is 17.9 Å². The summed E-state index contributed by atoms with van der Waals surface area (Å²) in [5.74, 6) is -0.0219. The number of hydrogen-bond acceptors (Lipinski definition) is 4. The summed E-state index contributed by atoms with van der Waals surface area (Å²) >= 11 is 5.12. The highest BCUT2D eigenvalue weighted by atomic mass is 32.1. The van der Waals surface area contributed by atoms with Crippen molar-refractivity contribution >= 4 is 28.9 Å². The van der Waals surface area contributed by atoms with E-state index in [0.717, 1.165) is 5.56 Å². The van der Waals surface area contributed by atoms with Gasteiger partial charge < -0.3 is 14.8 Å². The highest BCUT2D eigenvalue weighted by Crippen LogP contribution is 2.25. The quantitative estimate of drug-likeness (QED) is 0.519. The molecule has 30 heavy (non-hydrogen) atoms. The lowest BCUT2D eigenvalue weighted by atomic mass is 10.2. The molecule has 0 aliphatic heterocycles. The molecule has 0 spiro atoms. The van der Waals surface area contributed by atoms with Crippen LogP contribution in [0.2, 0.25) is 0 Å². The molecule has 0 bridgehead atoms. The zero-order valence-corrected chi connectivity index (χ0v) is 16.5. The van der Waals surface area contributed by atoms with Gasteiger partial charge >= 0.3 is 6.61 Å². The average molecular weight is 428 g/mol. The molecule has 0 unspecified atom stereocenters. The van der Waals surface area contributed by atoms with Crippen LogP contribution in [0.25, 0.3) is 0 Å². The number of thiocarbonyl (C=S) groups is 1. The average Bonchev–Trinajstić information content (AvgIpc) is 2.74. The number of carbonyl (C=O) groups excluding carboxylic acids is 1. The van der Waals surface area contributed by atoms with Crippen LogP contribution < -0.4 is 20.1 Å². The van der Waals surface area contributed by atoms with Gasteiger partial charge in [0.05, 0.1) is 5.69 Å². The Morgan fingerprint density at radius 3 is 2.47 bits per heavy atom. The summed E-state index contributed by atoms with van der Waals surface area (Å²) in [4.78, 5) is 12.5. The van der Waals surface area contributed by atoms with Gasteiger partial charge in [0, 0.05) is 5.56 Å². The number of carbonyl (C=O) groups is 1. The third-order valence-corrected chi connectivity index (χ3v) is 4.13. The first-order valence-corrected chi connectivity index (χ1v) is 9.35. The van der Waals surface area contributed by atoms with Crippen molar-refractivity contribution < 1.29 is 23.0 Å². The van der Waals surface area contributed by atoms with Crippen LogP contribution in [0.5, 0.6) is 11.5 Å². The van der Waals surface area contributed by atoms with E-state index in [1.807, 2.05) is 30.3 Å². The highest BCUT2D eigenvalue weighted by molar-refractivity contribution is 7.80. The van der Waals surface area contributed by atoms with Gasteiger partial charge in [-0.3, -0.25) is 10.1 Å². The first-order chi connectivity index (χ1) is 14.5. The molecule has 2 N–H and O–H groups in total. The third kappa shape index (κ3) is 6.25. The van der Waals surface area contributed by atoms with Crippen molar-refractivity contribution in [3.63, 3.8) is 0 Å². The fraction of sp³-hybridized carbons (Fsp3) is 0.0909. The number of para-hydroxylation sites is 2. The Balaban J connectivity index is 1.60. The number of amides is 1. The van der Waals surface area contributed by atoms with Crippen molar-refractivity contribution in [2.45, 2.75) is 13.2 Å². The van der Waals surface area contributed by atoms with Crippen LogP contribution >= 0.6 is 12.2 Å². The number of rotatable bonds is 7. The van der Waals surface area contributed by atoms with Crippen molar-refractivity contribution in [3.05, 3.63) is 90.0 Å². The monoisotopic (exact) mass is 428 g/mol. The molecule has 0 radical (unpaired) electrons. The molecular formula is C22H18F2N2O3S. The van der Waals surface area contributed by atoms with E-state index in [9.17, 15) is 13.6 Å². The minimum atomic E-state index is -2.98. The lowest BCUT2D eigenvalue weighted by Gasteiger charge is -2.14. The number of hydrogen-bond donors (Lipinski definition) is 2. The number of halogens is 2. The maximum Gasteiger partial charge on any atom is 0.387 e. The van der Waals surface area contributed by atoms with E-state index < -0.39 is 12.5 Å². The second kappa shape index (κ2) is 10.3. The Morgan fingerprint density at radius 1 is 0.967 bits per heavy atom. The van der Waals surface area contributed by atoms with Gasteiger partial charge in [0.2, 0.25) is 0 Å². The maximum atomic E-state index is 12.5. The third-order valence-electron chi connectivity index (χ3n) is 3.92. The van der Waals surface area contributed by atoms with Crippen LogP contribution in [0.15, 0.2) is 78.9 Å². The minimum Gasteiger partial charge on any atom is -0.489 e. The zero-order valence-electron chi connectivity index (χ0n) is 15.7. The molecule has 3 aromatic rings. The van der Waals surface area contributed by atoms with Crippen LogP contribution in [0, 0.1) is 0 Å². The van der Waals surface area contributed by atoms with E-state index in [2.05, 4.69) is 15.4 Å². The lowest BCUT2D eigenvalue weighted by molar-refractivity contribution is -0.0493. The highest BCUT2D eigenvalue weighted by Gasteiger charge is 2.13. The number of alkyl halides is 2. The second-order valence-electron chi connectivity index (χ2n) is 6.09. The molecule has 0 aliphatic carbocycles. The van der Waals surface area contributed by atoms with Crippen LogP contribution in [0.1, 0.15) is 15.9 Å². The van der Waals surface area contributed by atoms with Gasteiger partial charge in [0.25, 0.3) is 5.91 Å². The van der Waals surface area contributed by atoms with E-state index in [4.69, 9.17) is 17.0 Å². The Bertz CT molecular complexity index is 1020. The largest absolute Gasteiger partial charge is 0.489 e. The number of anilines is 1. The fourth-order valence-electron chi connectivity index (χ4n) is 2.57. The zero-order chi connectivity index (χ0) is 21.3. The molecule has 0 heterocycles. The van der Waals surface area contributed by atoms with Gasteiger partial charge in [0.1, 0.15) is 18.1 Å². The van der Waals surface area contributed by atoms with E-state index >= 15 is 0 Å². The lowest BCUT2D eigenvalue weighted by Crippen LogP contribution is -2.34. The molecule has 5 nitrogen and oxygen atoms in total. The molecule has 8 heteroatoms. The fourth-order valence-corrected chi connectivity index (χ4v) is 2.77. The van der Waals surface area contributed by atoms with E-state index in [1.165, 1.54) is 12.1 Å². The molecule has 0 fully saturated rings. The molecule has 3 aromatic carbocycles. The van der Waals surface area contributed by atoms with Gasteiger partial charge in [-0.2, -0.15) is 8.78 Å². The Labute approximate surface area is 177 Å². The summed E-state index contributed by atoms with van der Waals surface area (Å²) in [6.45, 7) is -2.61. The van der Waals surface area contributed by atoms with Gasteiger partial charge in [0.15, 0.2) is 5.11 Å². The first-order valence-electron chi connectivity index (χ1n) is 8.94. The summed E-state index contributed by atoms with van der Waals surface area (Å²) in [7, 11) is 0. The predicted molar refractivity (Wildman–Crippen MR) is 114 cm³/mol. The summed E-state index contributed by atoms with van der Waals surface area (Å²) in [6.07, 6.45) is 0. The molecule has 0 saturated carbocycles. The topological polar surface area (TPSA) is 59.6 Å². The van der Waals surface area contributed by atoms with Gasteiger partial charge in [-0.15, -0.1) is 0 Å². The summed E-state index contributed by atoms with van der Waals surface area (Å²) in [5.41, 5.74) is 1.55. The molecule has 0 saturated heterocycles. The Morgan fingerprint density at radius 2 is 1.70 bits per heavy atom. The van der Waals surface area contributed by atoms with Crippen LogP contribution in [0.4, 0.5) is 14.5 Å². The molecule has 0 atom stereocenters. The molecule has 0 aromatic heterocycles.